The summed E-state index contributed by atoms with van der Waals surface area (Å²) in [5, 5.41) is 5.99. The SMILES string of the molecule is C[C@@H]1C[C@@H](C)CN(CCNC(=O)NC[C@@H]2CCN(c3ccc(F)cc3)C2)C1. The molecule has 0 spiro atoms. The van der Waals surface area contributed by atoms with Gasteiger partial charge in [0.25, 0.3) is 0 Å². The summed E-state index contributed by atoms with van der Waals surface area (Å²) in [7, 11) is 0. The number of nitrogens with one attached hydrogen (secondary N) is 2. The molecule has 27 heavy (non-hydrogen) atoms. The number of urea groups is 1. The second kappa shape index (κ2) is 9.40. The molecule has 0 radical (unpaired) electrons. The first-order chi connectivity index (χ1) is 13.0. The van der Waals surface area contributed by atoms with Gasteiger partial charge in [0.1, 0.15) is 5.82 Å². The molecular formula is C21H33FN4O. The van der Waals surface area contributed by atoms with Crippen LogP contribution in [0.2, 0.25) is 0 Å². The van der Waals surface area contributed by atoms with Gasteiger partial charge >= 0.3 is 6.03 Å². The fraction of sp³-hybridized carbons (Fsp3) is 0.667. The van der Waals surface area contributed by atoms with Gasteiger partial charge in [0, 0.05) is 51.5 Å². The van der Waals surface area contributed by atoms with Crippen molar-refractivity contribution in [1.82, 2.24) is 15.5 Å². The van der Waals surface area contributed by atoms with Gasteiger partial charge in [-0.3, -0.25) is 0 Å². The largest absolute Gasteiger partial charge is 0.371 e. The van der Waals surface area contributed by atoms with Crippen molar-refractivity contribution in [3.8, 4) is 0 Å². The summed E-state index contributed by atoms with van der Waals surface area (Å²) < 4.78 is 13.0. The minimum absolute atomic E-state index is 0.0756. The Morgan fingerprint density at radius 3 is 2.52 bits per heavy atom. The molecule has 2 saturated heterocycles. The van der Waals surface area contributed by atoms with Crippen molar-refractivity contribution in [1.29, 1.82) is 0 Å². The van der Waals surface area contributed by atoms with E-state index in [0.29, 0.717) is 19.0 Å². The first-order valence-electron chi connectivity index (χ1n) is 10.2. The summed E-state index contributed by atoms with van der Waals surface area (Å²) in [6.45, 7) is 11.0. The molecule has 2 N–H and O–H groups in total. The van der Waals surface area contributed by atoms with Crippen LogP contribution in [0.1, 0.15) is 26.7 Å². The van der Waals surface area contributed by atoms with E-state index < -0.39 is 0 Å². The molecule has 2 heterocycles. The summed E-state index contributed by atoms with van der Waals surface area (Å²) in [5.74, 6) is 1.72. The van der Waals surface area contributed by atoms with E-state index in [1.807, 2.05) is 12.1 Å². The van der Waals surface area contributed by atoms with Gasteiger partial charge in [-0.2, -0.15) is 0 Å². The number of carbonyl (C=O) groups excluding carboxylic acids is 1. The lowest BCUT2D eigenvalue weighted by Gasteiger charge is -2.34. The lowest BCUT2D eigenvalue weighted by molar-refractivity contribution is 0.142. The molecule has 1 aromatic rings. The van der Waals surface area contributed by atoms with Crippen LogP contribution in [0.4, 0.5) is 14.9 Å². The van der Waals surface area contributed by atoms with E-state index >= 15 is 0 Å². The van der Waals surface area contributed by atoms with Crippen molar-refractivity contribution in [3.63, 3.8) is 0 Å². The van der Waals surface area contributed by atoms with Crippen molar-refractivity contribution in [2.24, 2.45) is 17.8 Å². The van der Waals surface area contributed by atoms with E-state index in [1.165, 1.54) is 18.6 Å². The van der Waals surface area contributed by atoms with E-state index in [2.05, 4.69) is 34.3 Å². The minimum Gasteiger partial charge on any atom is -0.371 e. The molecule has 2 aliphatic heterocycles. The van der Waals surface area contributed by atoms with E-state index in [9.17, 15) is 9.18 Å². The lowest BCUT2D eigenvalue weighted by atomic mass is 9.92. The lowest BCUT2D eigenvalue weighted by Crippen LogP contribution is -2.45. The first-order valence-corrected chi connectivity index (χ1v) is 10.2. The number of nitrogens with zero attached hydrogens (tertiary/aromatic N) is 2. The molecule has 2 amide bonds. The number of likely N-dealkylation sites (tertiary alicyclic amines) is 1. The smallest absolute Gasteiger partial charge is 0.314 e. The minimum atomic E-state index is -0.207. The van der Waals surface area contributed by atoms with Crippen LogP contribution in [0.3, 0.4) is 0 Å². The van der Waals surface area contributed by atoms with E-state index in [0.717, 1.165) is 56.7 Å². The molecule has 5 nitrogen and oxygen atoms in total. The number of amides is 2. The van der Waals surface area contributed by atoms with Crippen LogP contribution in [0.25, 0.3) is 0 Å². The summed E-state index contributed by atoms with van der Waals surface area (Å²) in [4.78, 5) is 16.8. The van der Waals surface area contributed by atoms with Gasteiger partial charge in [0.05, 0.1) is 0 Å². The topological polar surface area (TPSA) is 47.6 Å². The summed E-state index contributed by atoms with van der Waals surface area (Å²) in [5.41, 5.74) is 1.05. The maximum absolute atomic E-state index is 13.0. The first kappa shape index (κ1) is 19.9. The fourth-order valence-corrected chi connectivity index (χ4v) is 4.49. The Kier molecular flexibility index (Phi) is 6.94. The highest BCUT2D eigenvalue weighted by molar-refractivity contribution is 5.73. The Balaban J connectivity index is 1.31. The number of carbonyl (C=O) groups is 1. The predicted octanol–water partition coefficient (Wildman–Crippen LogP) is 2.93. The van der Waals surface area contributed by atoms with Crippen molar-refractivity contribution >= 4 is 11.7 Å². The zero-order valence-electron chi connectivity index (χ0n) is 16.6. The molecule has 2 fully saturated rings. The highest BCUT2D eigenvalue weighted by Gasteiger charge is 2.23. The molecule has 0 aliphatic carbocycles. The average Bonchev–Trinajstić information content (AvgIpc) is 3.09. The summed E-state index contributed by atoms with van der Waals surface area (Å²) in [6, 6.07) is 6.56. The van der Waals surface area contributed by atoms with Crippen LogP contribution in [-0.4, -0.2) is 56.7 Å². The number of hydrogen-bond acceptors (Lipinski definition) is 3. The third-order valence-corrected chi connectivity index (χ3v) is 5.69. The number of halogens is 1. The highest BCUT2D eigenvalue weighted by Crippen LogP contribution is 2.23. The van der Waals surface area contributed by atoms with Crippen molar-refractivity contribution < 1.29 is 9.18 Å². The number of piperidine rings is 1. The third kappa shape index (κ3) is 6.09. The zero-order chi connectivity index (χ0) is 19.2. The average molecular weight is 377 g/mol. The third-order valence-electron chi connectivity index (χ3n) is 5.69. The standard InChI is InChI=1S/C21H33FN4O/c1-16-11-17(2)14-25(13-16)10-8-23-21(27)24-12-18-7-9-26(15-18)20-5-3-19(22)4-6-20/h3-6,16-18H,7-15H2,1-2H3,(H2,23,24,27)/t16-,17-,18+/m1/s1. The number of anilines is 1. The second-order valence-corrected chi connectivity index (χ2v) is 8.42. The molecule has 2 aliphatic rings. The van der Waals surface area contributed by atoms with E-state index in [-0.39, 0.29) is 11.8 Å². The number of hydrogen-bond donors (Lipinski definition) is 2. The Morgan fingerprint density at radius 1 is 1.11 bits per heavy atom. The van der Waals surface area contributed by atoms with E-state index in [1.54, 1.807) is 0 Å². The monoisotopic (exact) mass is 376 g/mol. The van der Waals surface area contributed by atoms with Gasteiger partial charge in [-0.25, -0.2) is 9.18 Å². The van der Waals surface area contributed by atoms with Crippen LogP contribution < -0.4 is 15.5 Å². The molecule has 3 rings (SSSR count). The molecule has 1 aromatic carbocycles. The molecule has 6 heteroatoms. The van der Waals surface area contributed by atoms with Crippen molar-refractivity contribution in [3.05, 3.63) is 30.1 Å². The van der Waals surface area contributed by atoms with Crippen LogP contribution in [-0.2, 0) is 0 Å². The fourth-order valence-electron chi connectivity index (χ4n) is 4.49. The Hall–Kier alpha value is -1.82. The van der Waals surface area contributed by atoms with Crippen molar-refractivity contribution in [2.45, 2.75) is 26.7 Å². The predicted molar refractivity (Wildman–Crippen MR) is 108 cm³/mol. The maximum atomic E-state index is 13.0. The Bertz CT molecular complexity index is 599. The Morgan fingerprint density at radius 2 is 1.81 bits per heavy atom. The molecule has 3 atom stereocenters. The van der Waals surface area contributed by atoms with Gasteiger partial charge in [-0.15, -0.1) is 0 Å². The van der Waals surface area contributed by atoms with Crippen molar-refractivity contribution in [2.75, 3.05) is 50.7 Å². The highest BCUT2D eigenvalue weighted by atomic mass is 19.1. The van der Waals surface area contributed by atoms with Crippen LogP contribution in [0.5, 0.6) is 0 Å². The number of rotatable bonds is 6. The second-order valence-electron chi connectivity index (χ2n) is 8.42. The van der Waals surface area contributed by atoms with Crippen LogP contribution >= 0.6 is 0 Å². The van der Waals surface area contributed by atoms with Gasteiger partial charge in [0.2, 0.25) is 0 Å². The Labute approximate surface area is 162 Å². The molecule has 0 saturated carbocycles. The quantitative estimate of drug-likeness (QED) is 0.803. The molecule has 150 valence electrons. The maximum Gasteiger partial charge on any atom is 0.314 e. The van der Waals surface area contributed by atoms with Crippen LogP contribution in [0, 0.1) is 23.6 Å². The zero-order valence-corrected chi connectivity index (χ0v) is 16.6. The molecular weight excluding hydrogens is 343 g/mol. The molecule has 0 aromatic heterocycles. The van der Waals surface area contributed by atoms with Crippen LogP contribution in [0.15, 0.2) is 24.3 Å². The van der Waals surface area contributed by atoms with Gasteiger partial charge < -0.3 is 20.4 Å². The van der Waals surface area contributed by atoms with Gasteiger partial charge in [0.15, 0.2) is 0 Å². The molecule has 0 unspecified atom stereocenters. The van der Waals surface area contributed by atoms with Gasteiger partial charge in [-0.05, 0) is 54.9 Å². The molecule has 0 bridgehead atoms. The summed E-state index contributed by atoms with van der Waals surface area (Å²) >= 11 is 0. The van der Waals surface area contributed by atoms with Gasteiger partial charge in [-0.1, -0.05) is 13.8 Å². The normalized spacial score (nSPS) is 26.2. The summed E-state index contributed by atoms with van der Waals surface area (Å²) in [6.07, 6.45) is 2.35. The van der Waals surface area contributed by atoms with E-state index in [4.69, 9.17) is 0 Å². The number of benzene rings is 1.